The van der Waals surface area contributed by atoms with Crippen LogP contribution in [0.2, 0.25) is 0 Å². The van der Waals surface area contributed by atoms with E-state index in [-0.39, 0.29) is 18.0 Å². The molecule has 2 fully saturated rings. The van der Waals surface area contributed by atoms with Gasteiger partial charge >= 0.3 is 5.97 Å². The van der Waals surface area contributed by atoms with Crippen LogP contribution in [0.1, 0.15) is 63.6 Å². The number of fused-ring (bicyclic) bond motifs is 3. The Kier molecular flexibility index (Phi) is 4.10. The number of carbonyl (C=O) groups is 1. The summed E-state index contributed by atoms with van der Waals surface area (Å²) in [5, 5.41) is 8.84. The normalized spacial score (nSPS) is 25.9. The van der Waals surface area contributed by atoms with E-state index in [9.17, 15) is 4.79 Å². The van der Waals surface area contributed by atoms with Crippen molar-refractivity contribution in [3.63, 3.8) is 0 Å². The van der Waals surface area contributed by atoms with Crippen molar-refractivity contribution in [2.24, 2.45) is 11.8 Å². The zero-order chi connectivity index (χ0) is 18.4. The van der Waals surface area contributed by atoms with Crippen LogP contribution < -0.4 is 0 Å². The molecule has 0 aliphatic heterocycles. The van der Waals surface area contributed by atoms with Gasteiger partial charge in [-0.3, -0.25) is 9.20 Å². The van der Waals surface area contributed by atoms with E-state index in [2.05, 4.69) is 31.5 Å². The van der Waals surface area contributed by atoms with Gasteiger partial charge < -0.3 is 9.72 Å². The third-order valence-electron chi connectivity index (χ3n) is 6.45. The maximum atomic E-state index is 12.3. The molecule has 27 heavy (non-hydrogen) atoms. The average molecular weight is 367 g/mol. The Labute approximate surface area is 157 Å². The summed E-state index contributed by atoms with van der Waals surface area (Å²) in [6, 6.07) is 2.01. The lowest BCUT2D eigenvalue weighted by Gasteiger charge is -2.24. The zero-order valence-corrected chi connectivity index (χ0v) is 15.6. The van der Waals surface area contributed by atoms with Gasteiger partial charge in [-0.1, -0.05) is 19.8 Å². The van der Waals surface area contributed by atoms with Crippen molar-refractivity contribution in [1.29, 1.82) is 0 Å². The third-order valence-corrected chi connectivity index (χ3v) is 6.45. The minimum absolute atomic E-state index is 0.0107. The summed E-state index contributed by atoms with van der Waals surface area (Å²) >= 11 is 0. The zero-order valence-electron chi connectivity index (χ0n) is 15.6. The standard InChI is InChI=1S/C20H25N5O2/c1-2-13-9-14(27-18(26)8-12-4-3-5-12)10-15(13)20-24-23-17-11-22-19-16(25(17)20)6-7-21-19/h6-7,11-15,21H,2-5,8-10H2,1H3/t13-,14+,15+/m1/s1. The van der Waals surface area contributed by atoms with Crippen LogP contribution in [-0.4, -0.2) is 36.6 Å². The monoisotopic (exact) mass is 367 g/mol. The second-order valence-electron chi connectivity index (χ2n) is 8.08. The molecule has 2 saturated carbocycles. The Bertz CT molecular complexity index is 973. The smallest absolute Gasteiger partial charge is 0.306 e. The molecule has 3 aromatic heterocycles. The maximum Gasteiger partial charge on any atom is 0.306 e. The number of aromatic nitrogens is 5. The van der Waals surface area contributed by atoms with Gasteiger partial charge in [-0.05, 0) is 43.6 Å². The number of hydrogen-bond acceptors (Lipinski definition) is 5. The largest absolute Gasteiger partial charge is 0.462 e. The number of nitrogens with zero attached hydrogens (tertiary/aromatic N) is 4. The summed E-state index contributed by atoms with van der Waals surface area (Å²) < 4.78 is 7.95. The molecule has 3 atom stereocenters. The fourth-order valence-electron chi connectivity index (χ4n) is 4.74. The number of hydrogen-bond donors (Lipinski definition) is 1. The van der Waals surface area contributed by atoms with E-state index < -0.39 is 0 Å². The molecule has 0 aromatic carbocycles. The Hall–Kier alpha value is -2.44. The molecule has 142 valence electrons. The molecule has 7 heteroatoms. The van der Waals surface area contributed by atoms with Crippen LogP contribution in [0.5, 0.6) is 0 Å². The molecule has 3 aromatic rings. The van der Waals surface area contributed by atoms with Crippen LogP contribution in [0, 0.1) is 11.8 Å². The van der Waals surface area contributed by atoms with Crippen molar-refractivity contribution >= 4 is 22.8 Å². The summed E-state index contributed by atoms with van der Waals surface area (Å²) in [7, 11) is 0. The molecule has 5 rings (SSSR count). The van der Waals surface area contributed by atoms with E-state index in [0.717, 1.165) is 41.9 Å². The van der Waals surface area contributed by atoms with E-state index in [1.165, 1.54) is 19.3 Å². The van der Waals surface area contributed by atoms with Crippen molar-refractivity contribution < 1.29 is 9.53 Å². The predicted molar refractivity (Wildman–Crippen MR) is 100 cm³/mol. The van der Waals surface area contributed by atoms with Crippen LogP contribution in [-0.2, 0) is 9.53 Å². The molecule has 7 nitrogen and oxygen atoms in total. The first kappa shape index (κ1) is 16.7. The minimum atomic E-state index is -0.0245. The highest BCUT2D eigenvalue weighted by atomic mass is 16.5. The summed E-state index contributed by atoms with van der Waals surface area (Å²) in [5.41, 5.74) is 2.59. The highest BCUT2D eigenvalue weighted by Crippen LogP contribution is 2.43. The second-order valence-corrected chi connectivity index (χ2v) is 8.08. The van der Waals surface area contributed by atoms with Crippen molar-refractivity contribution in [3.05, 3.63) is 24.3 Å². The molecular weight excluding hydrogens is 342 g/mol. The van der Waals surface area contributed by atoms with Crippen molar-refractivity contribution in [2.75, 3.05) is 0 Å². The summed E-state index contributed by atoms with van der Waals surface area (Å²) in [6.07, 6.45) is 10.6. The number of H-pyrrole nitrogens is 1. The minimum Gasteiger partial charge on any atom is -0.462 e. The Morgan fingerprint density at radius 2 is 2.22 bits per heavy atom. The van der Waals surface area contributed by atoms with Crippen LogP contribution in [0.25, 0.3) is 16.8 Å². The lowest BCUT2D eigenvalue weighted by atomic mass is 9.83. The Morgan fingerprint density at radius 3 is 3.00 bits per heavy atom. The number of aromatic amines is 1. The lowest BCUT2D eigenvalue weighted by molar-refractivity contribution is -0.150. The Balaban J connectivity index is 1.40. The molecular formula is C20H25N5O2. The van der Waals surface area contributed by atoms with Crippen molar-refractivity contribution in [3.8, 4) is 0 Å². The highest BCUT2D eigenvalue weighted by molar-refractivity contribution is 5.74. The van der Waals surface area contributed by atoms with Crippen LogP contribution in [0.15, 0.2) is 18.5 Å². The van der Waals surface area contributed by atoms with E-state index in [4.69, 9.17) is 4.74 Å². The van der Waals surface area contributed by atoms with Crippen molar-refractivity contribution in [1.82, 2.24) is 24.6 Å². The fraction of sp³-hybridized carbons (Fsp3) is 0.600. The SMILES string of the molecule is CC[C@@H]1C[C@H](OC(=O)CC2CCC2)C[C@@H]1c1nnc2cnc3[nH]ccc3n12. The number of rotatable bonds is 5. The molecule has 1 N–H and O–H groups in total. The number of esters is 1. The van der Waals surface area contributed by atoms with Gasteiger partial charge in [-0.15, -0.1) is 10.2 Å². The highest BCUT2D eigenvalue weighted by Gasteiger charge is 2.39. The number of carbonyl (C=O) groups excluding carboxylic acids is 1. The predicted octanol–water partition coefficient (Wildman–Crippen LogP) is 3.61. The number of ether oxygens (including phenoxy) is 1. The first-order chi connectivity index (χ1) is 13.2. The van der Waals surface area contributed by atoms with Gasteiger partial charge in [0.25, 0.3) is 0 Å². The molecule has 0 unspecified atom stereocenters. The quantitative estimate of drug-likeness (QED) is 0.696. The first-order valence-corrected chi connectivity index (χ1v) is 10.1. The van der Waals surface area contributed by atoms with Gasteiger partial charge in [-0.25, -0.2) is 4.98 Å². The summed E-state index contributed by atoms with van der Waals surface area (Å²) in [4.78, 5) is 19.8. The van der Waals surface area contributed by atoms with E-state index in [1.807, 2.05) is 12.3 Å². The van der Waals surface area contributed by atoms with E-state index in [1.54, 1.807) is 6.20 Å². The van der Waals surface area contributed by atoms with Gasteiger partial charge in [0.05, 0.1) is 11.7 Å². The first-order valence-electron chi connectivity index (χ1n) is 10.1. The second kappa shape index (κ2) is 6.62. The molecule has 0 spiro atoms. The van der Waals surface area contributed by atoms with E-state index in [0.29, 0.717) is 18.3 Å². The lowest BCUT2D eigenvalue weighted by Crippen LogP contribution is -2.21. The molecule has 0 amide bonds. The molecule has 2 aliphatic carbocycles. The Morgan fingerprint density at radius 1 is 1.33 bits per heavy atom. The summed E-state index contributed by atoms with van der Waals surface area (Å²) in [5.74, 6) is 2.17. The van der Waals surface area contributed by atoms with Gasteiger partial charge in [0, 0.05) is 18.5 Å². The van der Waals surface area contributed by atoms with E-state index >= 15 is 0 Å². The average Bonchev–Trinajstić information content (AvgIpc) is 3.34. The van der Waals surface area contributed by atoms with Crippen LogP contribution >= 0.6 is 0 Å². The third kappa shape index (κ3) is 2.89. The number of nitrogens with one attached hydrogen (secondary N) is 1. The molecule has 3 heterocycles. The van der Waals surface area contributed by atoms with Gasteiger partial charge in [0.2, 0.25) is 0 Å². The molecule has 0 saturated heterocycles. The molecule has 0 radical (unpaired) electrons. The van der Waals surface area contributed by atoms with Gasteiger partial charge in [0.1, 0.15) is 11.9 Å². The van der Waals surface area contributed by atoms with Crippen LogP contribution in [0.3, 0.4) is 0 Å². The van der Waals surface area contributed by atoms with Gasteiger partial charge in [0.15, 0.2) is 11.3 Å². The fourth-order valence-corrected chi connectivity index (χ4v) is 4.74. The van der Waals surface area contributed by atoms with Crippen LogP contribution in [0.4, 0.5) is 0 Å². The van der Waals surface area contributed by atoms with Crippen molar-refractivity contribution in [2.45, 2.75) is 63.9 Å². The topological polar surface area (TPSA) is 85.2 Å². The maximum absolute atomic E-state index is 12.3. The summed E-state index contributed by atoms with van der Waals surface area (Å²) in [6.45, 7) is 2.20. The molecule has 2 aliphatic rings. The molecule has 0 bridgehead atoms. The van der Waals surface area contributed by atoms with Gasteiger partial charge in [-0.2, -0.15) is 0 Å².